The zero-order valence-electron chi connectivity index (χ0n) is 12.8. The summed E-state index contributed by atoms with van der Waals surface area (Å²) in [5.74, 6) is -0.303. The predicted molar refractivity (Wildman–Crippen MR) is 87.7 cm³/mol. The summed E-state index contributed by atoms with van der Waals surface area (Å²) in [4.78, 5) is 15.8. The molecule has 6 heteroatoms. The molecule has 1 N–H and O–H groups in total. The summed E-state index contributed by atoms with van der Waals surface area (Å²) < 4.78 is 17.9. The number of nitrogens with zero attached hydrogens (tertiary/aromatic N) is 1. The summed E-state index contributed by atoms with van der Waals surface area (Å²) in [7, 11) is 0. The summed E-state index contributed by atoms with van der Waals surface area (Å²) in [6.07, 6.45) is 1.33. The maximum Gasteiger partial charge on any atom is 0.407 e. The molecule has 0 spiro atoms. The van der Waals surface area contributed by atoms with Crippen LogP contribution < -0.4 is 5.32 Å². The van der Waals surface area contributed by atoms with Crippen LogP contribution in [0.15, 0.2) is 36.4 Å². The highest BCUT2D eigenvalue weighted by Crippen LogP contribution is 2.22. The first-order chi connectivity index (χ1) is 11.1. The van der Waals surface area contributed by atoms with E-state index in [9.17, 15) is 9.18 Å². The van der Waals surface area contributed by atoms with Crippen molar-refractivity contribution in [2.75, 3.05) is 6.61 Å². The van der Waals surface area contributed by atoms with Crippen molar-refractivity contribution in [3.8, 4) is 11.3 Å². The topological polar surface area (TPSA) is 51.2 Å². The van der Waals surface area contributed by atoms with Crippen LogP contribution in [0.1, 0.15) is 25.3 Å². The zero-order valence-corrected chi connectivity index (χ0v) is 13.6. The van der Waals surface area contributed by atoms with Crippen molar-refractivity contribution in [1.29, 1.82) is 0 Å². The van der Waals surface area contributed by atoms with E-state index in [0.29, 0.717) is 23.0 Å². The number of alkyl carbamates (subject to hydrolysis) is 1. The number of hydrogen-bond acceptors (Lipinski definition) is 3. The van der Waals surface area contributed by atoms with Crippen molar-refractivity contribution >= 4 is 17.7 Å². The largest absolute Gasteiger partial charge is 0.450 e. The molecule has 1 aromatic carbocycles. The van der Waals surface area contributed by atoms with Crippen LogP contribution in [0.5, 0.6) is 0 Å². The third-order valence-electron chi connectivity index (χ3n) is 3.22. The molecule has 0 aliphatic rings. The van der Waals surface area contributed by atoms with Gasteiger partial charge in [0.1, 0.15) is 11.0 Å². The summed E-state index contributed by atoms with van der Waals surface area (Å²) in [6, 6.07) is 9.56. The van der Waals surface area contributed by atoms with Gasteiger partial charge >= 0.3 is 6.09 Å². The average molecular weight is 337 g/mol. The molecule has 2 rings (SSSR count). The lowest BCUT2D eigenvalue weighted by Gasteiger charge is -2.09. The van der Waals surface area contributed by atoms with E-state index in [1.54, 1.807) is 24.3 Å². The molecule has 2 aromatic rings. The normalized spacial score (nSPS) is 10.4. The minimum Gasteiger partial charge on any atom is -0.450 e. The predicted octanol–water partition coefficient (Wildman–Crippen LogP) is 4.57. The van der Waals surface area contributed by atoms with Crippen LogP contribution in [0, 0.1) is 5.82 Å². The number of carbonyl (C=O) groups excluding carboxylic acids is 1. The van der Waals surface area contributed by atoms with E-state index in [2.05, 4.69) is 10.3 Å². The molecular weight excluding hydrogens is 319 g/mol. The van der Waals surface area contributed by atoms with E-state index in [0.717, 1.165) is 18.4 Å². The van der Waals surface area contributed by atoms with Gasteiger partial charge in [-0.2, -0.15) is 0 Å². The van der Waals surface area contributed by atoms with Gasteiger partial charge in [-0.15, -0.1) is 0 Å². The number of aromatic nitrogens is 1. The molecule has 0 aliphatic carbocycles. The Morgan fingerprint density at radius 2 is 2.00 bits per heavy atom. The Morgan fingerprint density at radius 3 is 2.65 bits per heavy atom. The number of nitrogens with one attached hydrogen (secondary N) is 1. The number of carbonyl (C=O) groups is 1. The molecule has 0 saturated heterocycles. The van der Waals surface area contributed by atoms with Gasteiger partial charge in [-0.05, 0) is 36.8 Å². The van der Waals surface area contributed by atoms with Crippen molar-refractivity contribution in [2.45, 2.75) is 26.3 Å². The van der Waals surface area contributed by atoms with E-state index < -0.39 is 6.09 Å². The highest BCUT2D eigenvalue weighted by Gasteiger charge is 2.08. The zero-order chi connectivity index (χ0) is 16.7. The quantitative estimate of drug-likeness (QED) is 0.621. The second-order valence-corrected chi connectivity index (χ2v) is 5.35. The van der Waals surface area contributed by atoms with Crippen LogP contribution >= 0.6 is 11.6 Å². The summed E-state index contributed by atoms with van der Waals surface area (Å²) in [5.41, 5.74) is 2.10. The van der Waals surface area contributed by atoms with Gasteiger partial charge in [0, 0.05) is 17.7 Å². The lowest BCUT2D eigenvalue weighted by molar-refractivity contribution is 0.144. The minimum atomic E-state index is -0.475. The Labute approximate surface area is 139 Å². The van der Waals surface area contributed by atoms with Crippen LogP contribution in [0.25, 0.3) is 11.3 Å². The monoisotopic (exact) mass is 336 g/mol. The first-order valence-electron chi connectivity index (χ1n) is 7.42. The molecule has 1 aromatic heterocycles. The van der Waals surface area contributed by atoms with Gasteiger partial charge in [0.15, 0.2) is 0 Å². The number of pyridine rings is 1. The second-order valence-electron chi connectivity index (χ2n) is 5.00. The van der Waals surface area contributed by atoms with Crippen LogP contribution in [0.2, 0.25) is 5.15 Å². The van der Waals surface area contributed by atoms with E-state index in [1.807, 2.05) is 6.92 Å². The Balaban J connectivity index is 1.97. The van der Waals surface area contributed by atoms with Crippen molar-refractivity contribution in [3.05, 3.63) is 52.9 Å². The van der Waals surface area contributed by atoms with Crippen LogP contribution in [-0.4, -0.2) is 17.7 Å². The van der Waals surface area contributed by atoms with E-state index >= 15 is 0 Å². The molecule has 0 radical (unpaired) electrons. The highest BCUT2D eigenvalue weighted by molar-refractivity contribution is 6.30. The van der Waals surface area contributed by atoms with Gasteiger partial charge in [-0.1, -0.05) is 31.0 Å². The standard InChI is InChI=1S/C17H18ClFN2O2/c1-2-3-10-23-17(22)20-11-13-6-9-15(21-16(13)18)12-4-7-14(19)8-5-12/h4-9H,2-3,10-11H2,1H3,(H,20,22). The minimum absolute atomic E-state index is 0.237. The molecule has 23 heavy (non-hydrogen) atoms. The summed E-state index contributed by atoms with van der Waals surface area (Å²) in [6.45, 7) is 2.66. The summed E-state index contributed by atoms with van der Waals surface area (Å²) in [5, 5.41) is 2.92. The van der Waals surface area contributed by atoms with Crippen LogP contribution in [-0.2, 0) is 11.3 Å². The average Bonchev–Trinajstić information content (AvgIpc) is 2.54. The molecule has 4 nitrogen and oxygen atoms in total. The number of benzene rings is 1. The van der Waals surface area contributed by atoms with Crippen LogP contribution in [0.3, 0.4) is 0 Å². The Hall–Kier alpha value is -2.14. The SMILES string of the molecule is CCCCOC(=O)NCc1ccc(-c2ccc(F)cc2)nc1Cl. The Bertz CT molecular complexity index is 662. The van der Waals surface area contributed by atoms with Crippen molar-refractivity contribution in [3.63, 3.8) is 0 Å². The van der Waals surface area contributed by atoms with Crippen molar-refractivity contribution in [2.24, 2.45) is 0 Å². The molecule has 122 valence electrons. The fourth-order valence-corrected chi connectivity index (χ4v) is 2.12. The van der Waals surface area contributed by atoms with E-state index in [1.165, 1.54) is 12.1 Å². The Morgan fingerprint density at radius 1 is 1.26 bits per heavy atom. The fourth-order valence-electron chi connectivity index (χ4n) is 1.90. The molecule has 0 bridgehead atoms. The molecule has 0 fully saturated rings. The van der Waals surface area contributed by atoms with Gasteiger partial charge in [-0.25, -0.2) is 14.2 Å². The lowest BCUT2D eigenvalue weighted by atomic mass is 10.1. The molecule has 0 saturated carbocycles. The third-order valence-corrected chi connectivity index (χ3v) is 3.55. The summed E-state index contributed by atoms with van der Waals surface area (Å²) >= 11 is 6.14. The fraction of sp³-hybridized carbons (Fsp3) is 0.294. The van der Waals surface area contributed by atoms with Crippen molar-refractivity contribution in [1.82, 2.24) is 10.3 Å². The smallest absolute Gasteiger partial charge is 0.407 e. The number of amides is 1. The lowest BCUT2D eigenvalue weighted by Crippen LogP contribution is -2.24. The molecular formula is C17H18ClFN2O2. The molecule has 1 heterocycles. The maximum atomic E-state index is 12.9. The molecule has 0 atom stereocenters. The molecule has 0 unspecified atom stereocenters. The number of rotatable bonds is 6. The maximum absolute atomic E-state index is 12.9. The van der Waals surface area contributed by atoms with Gasteiger partial charge in [-0.3, -0.25) is 0 Å². The second kappa shape index (κ2) is 8.48. The van der Waals surface area contributed by atoms with Gasteiger partial charge in [0.05, 0.1) is 12.3 Å². The van der Waals surface area contributed by atoms with Gasteiger partial charge in [0.25, 0.3) is 0 Å². The third kappa shape index (κ3) is 5.21. The number of hydrogen-bond donors (Lipinski definition) is 1. The number of ether oxygens (including phenoxy) is 1. The number of unbranched alkanes of at least 4 members (excludes halogenated alkanes) is 1. The van der Waals surface area contributed by atoms with Crippen LogP contribution in [0.4, 0.5) is 9.18 Å². The van der Waals surface area contributed by atoms with Crippen molar-refractivity contribution < 1.29 is 13.9 Å². The number of halogens is 2. The van der Waals surface area contributed by atoms with Gasteiger partial charge < -0.3 is 10.1 Å². The van der Waals surface area contributed by atoms with Gasteiger partial charge in [0.2, 0.25) is 0 Å². The van der Waals surface area contributed by atoms with E-state index in [4.69, 9.17) is 16.3 Å². The molecule has 0 aliphatic heterocycles. The first-order valence-corrected chi connectivity index (χ1v) is 7.80. The Kier molecular flexibility index (Phi) is 6.35. The molecule has 1 amide bonds. The highest BCUT2D eigenvalue weighted by atomic mass is 35.5. The first kappa shape index (κ1) is 17.2. The van der Waals surface area contributed by atoms with E-state index in [-0.39, 0.29) is 12.4 Å².